The maximum absolute atomic E-state index is 11.7. The highest BCUT2D eigenvalue weighted by molar-refractivity contribution is 5.74. The summed E-state index contributed by atoms with van der Waals surface area (Å²) in [6.07, 6.45) is 2.44. The van der Waals surface area contributed by atoms with Gasteiger partial charge in [-0.2, -0.15) is 0 Å². The van der Waals surface area contributed by atoms with E-state index < -0.39 is 0 Å². The lowest BCUT2D eigenvalue weighted by Crippen LogP contribution is -2.55. The molecule has 0 spiro atoms. The van der Waals surface area contributed by atoms with Crippen molar-refractivity contribution >= 4 is 6.03 Å². The zero-order valence-electron chi connectivity index (χ0n) is 11.8. The molecule has 0 aromatic carbocycles. The summed E-state index contributed by atoms with van der Waals surface area (Å²) < 4.78 is 0. The summed E-state index contributed by atoms with van der Waals surface area (Å²) in [6.45, 7) is 12.2. The van der Waals surface area contributed by atoms with Crippen molar-refractivity contribution in [3.63, 3.8) is 0 Å². The van der Waals surface area contributed by atoms with Crippen LogP contribution in [0.5, 0.6) is 0 Å². The number of rotatable bonds is 2. The number of hydrogen-bond donors (Lipinski definition) is 3. The summed E-state index contributed by atoms with van der Waals surface area (Å²) in [5.74, 6) is 0. The maximum Gasteiger partial charge on any atom is 0.315 e. The van der Waals surface area contributed by atoms with Crippen LogP contribution in [0.3, 0.4) is 0 Å². The summed E-state index contributed by atoms with van der Waals surface area (Å²) in [5.41, 5.74) is 0.0762. The van der Waals surface area contributed by atoms with Crippen LogP contribution in [0.15, 0.2) is 0 Å². The van der Waals surface area contributed by atoms with Crippen molar-refractivity contribution in [1.82, 2.24) is 16.0 Å². The number of piperidine rings is 1. The van der Waals surface area contributed by atoms with Gasteiger partial charge in [-0.3, -0.25) is 0 Å². The summed E-state index contributed by atoms with van der Waals surface area (Å²) >= 11 is 0. The Hall–Kier alpha value is -0.770. The Morgan fingerprint density at radius 2 is 2.06 bits per heavy atom. The van der Waals surface area contributed by atoms with E-state index in [0.717, 1.165) is 6.54 Å². The molecule has 0 radical (unpaired) electrons. The van der Waals surface area contributed by atoms with Gasteiger partial charge in [0.25, 0.3) is 0 Å². The highest BCUT2D eigenvalue weighted by Gasteiger charge is 2.32. The molecule has 0 saturated carbocycles. The number of nitrogens with one attached hydrogen (secondary N) is 3. The van der Waals surface area contributed by atoms with Gasteiger partial charge in [0.05, 0.1) is 0 Å². The van der Waals surface area contributed by atoms with E-state index in [1.165, 1.54) is 12.8 Å². The number of hydrogen-bond acceptors (Lipinski definition) is 2. The third-order valence-electron chi connectivity index (χ3n) is 3.29. The van der Waals surface area contributed by atoms with E-state index in [4.69, 9.17) is 0 Å². The van der Waals surface area contributed by atoms with Gasteiger partial charge in [-0.15, -0.1) is 0 Å². The van der Waals surface area contributed by atoms with Crippen LogP contribution in [0.4, 0.5) is 4.79 Å². The fraction of sp³-hybridized carbons (Fsp3) is 0.923. The van der Waals surface area contributed by atoms with Gasteiger partial charge in [0, 0.05) is 18.1 Å². The summed E-state index contributed by atoms with van der Waals surface area (Å²) in [4.78, 5) is 11.7. The average Bonchev–Trinajstić information content (AvgIpc) is 2.12. The molecule has 1 aliphatic heterocycles. The second-order valence-electron chi connectivity index (χ2n) is 6.68. The van der Waals surface area contributed by atoms with Gasteiger partial charge in [0.15, 0.2) is 0 Å². The van der Waals surface area contributed by atoms with Gasteiger partial charge < -0.3 is 16.0 Å². The Balaban J connectivity index is 2.37. The molecule has 0 aliphatic carbocycles. The second-order valence-corrected chi connectivity index (χ2v) is 6.68. The predicted octanol–water partition coefficient (Wildman–Crippen LogP) is 1.86. The van der Waals surface area contributed by atoms with Crippen LogP contribution in [-0.2, 0) is 0 Å². The highest BCUT2D eigenvalue weighted by atomic mass is 16.2. The largest absolute Gasteiger partial charge is 0.337 e. The molecule has 1 rings (SSSR count). The average molecular weight is 241 g/mol. The fourth-order valence-electron chi connectivity index (χ4n) is 2.20. The molecular formula is C13H27N3O. The van der Waals surface area contributed by atoms with Gasteiger partial charge in [-0.1, -0.05) is 13.8 Å². The van der Waals surface area contributed by atoms with E-state index >= 15 is 0 Å². The van der Waals surface area contributed by atoms with Crippen LogP contribution in [0.1, 0.15) is 47.5 Å². The molecule has 1 atom stereocenters. The minimum atomic E-state index is -0.181. The fourth-order valence-corrected chi connectivity index (χ4v) is 2.20. The van der Waals surface area contributed by atoms with Crippen molar-refractivity contribution in [3.05, 3.63) is 0 Å². The molecular weight excluding hydrogens is 214 g/mol. The third-order valence-corrected chi connectivity index (χ3v) is 3.29. The summed E-state index contributed by atoms with van der Waals surface area (Å²) in [6, 6.07) is 0.280. The molecule has 1 saturated heterocycles. The zero-order valence-corrected chi connectivity index (χ0v) is 11.8. The smallest absolute Gasteiger partial charge is 0.315 e. The van der Waals surface area contributed by atoms with Crippen molar-refractivity contribution in [1.29, 1.82) is 0 Å². The van der Waals surface area contributed by atoms with Crippen LogP contribution in [0.2, 0.25) is 0 Å². The molecule has 0 aromatic heterocycles. The van der Waals surface area contributed by atoms with Gasteiger partial charge >= 0.3 is 6.03 Å². The van der Waals surface area contributed by atoms with E-state index in [0.29, 0.717) is 12.6 Å². The van der Waals surface area contributed by atoms with Gasteiger partial charge in [0.1, 0.15) is 0 Å². The van der Waals surface area contributed by atoms with Crippen molar-refractivity contribution < 1.29 is 4.79 Å². The Bertz CT molecular complexity index is 268. The Labute approximate surface area is 105 Å². The van der Waals surface area contributed by atoms with Crippen LogP contribution in [0, 0.1) is 5.41 Å². The van der Waals surface area contributed by atoms with Crippen molar-refractivity contribution in [3.8, 4) is 0 Å². The maximum atomic E-state index is 11.7. The van der Waals surface area contributed by atoms with E-state index in [9.17, 15) is 4.79 Å². The van der Waals surface area contributed by atoms with Crippen molar-refractivity contribution in [2.45, 2.75) is 59.0 Å². The van der Waals surface area contributed by atoms with Crippen molar-refractivity contribution in [2.24, 2.45) is 5.41 Å². The Morgan fingerprint density at radius 3 is 2.59 bits per heavy atom. The minimum absolute atomic E-state index is 0.0827. The lowest BCUT2D eigenvalue weighted by Gasteiger charge is -2.39. The van der Waals surface area contributed by atoms with Crippen LogP contribution in [-0.4, -0.2) is 30.7 Å². The highest BCUT2D eigenvalue weighted by Crippen LogP contribution is 2.29. The summed E-state index contributed by atoms with van der Waals surface area (Å²) in [7, 11) is 0. The van der Waals surface area contributed by atoms with E-state index in [-0.39, 0.29) is 17.0 Å². The SMILES string of the molecule is CC(C)(C)NC(=O)NCC1NCCCC1(C)C. The van der Waals surface area contributed by atoms with Gasteiger partial charge in [-0.05, 0) is 45.6 Å². The quantitative estimate of drug-likeness (QED) is 0.691. The molecule has 4 nitrogen and oxygen atoms in total. The molecule has 1 heterocycles. The monoisotopic (exact) mass is 241 g/mol. The minimum Gasteiger partial charge on any atom is -0.337 e. The van der Waals surface area contributed by atoms with Gasteiger partial charge in [-0.25, -0.2) is 4.79 Å². The van der Waals surface area contributed by atoms with E-state index in [1.807, 2.05) is 20.8 Å². The molecule has 100 valence electrons. The molecule has 0 aromatic rings. The standard InChI is InChI=1S/C13H27N3O/c1-12(2,3)16-11(17)15-9-10-13(4,5)7-6-8-14-10/h10,14H,6-9H2,1-5H3,(H2,15,16,17). The Kier molecular flexibility index (Phi) is 4.42. The van der Waals surface area contributed by atoms with Crippen LogP contribution >= 0.6 is 0 Å². The van der Waals surface area contributed by atoms with E-state index in [2.05, 4.69) is 29.8 Å². The van der Waals surface area contributed by atoms with Gasteiger partial charge in [0.2, 0.25) is 0 Å². The molecule has 17 heavy (non-hydrogen) atoms. The molecule has 1 fully saturated rings. The number of amides is 2. The topological polar surface area (TPSA) is 53.2 Å². The number of carbonyl (C=O) groups excluding carboxylic acids is 1. The first-order chi connectivity index (χ1) is 7.71. The molecule has 1 unspecified atom stereocenters. The molecule has 2 amide bonds. The lowest BCUT2D eigenvalue weighted by atomic mass is 9.77. The van der Waals surface area contributed by atoms with Crippen LogP contribution in [0.25, 0.3) is 0 Å². The Morgan fingerprint density at radius 1 is 1.41 bits per heavy atom. The second kappa shape index (κ2) is 5.25. The van der Waals surface area contributed by atoms with E-state index in [1.54, 1.807) is 0 Å². The molecule has 4 heteroatoms. The molecule has 3 N–H and O–H groups in total. The first-order valence-corrected chi connectivity index (χ1v) is 6.50. The normalized spacial score (nSPS) is 24.2. The predicted molar refractivity (Wildman–Crippen MR) is 71.1 cm³/mol. The van der Waals surface area contributed by atoms with Crippen LogP contribution < -0.4 is 16.0 Å². The zero-order chi connectivity index (χ0) is 13.1. The molecule has 1 aliphatic rings. The van der Waals surface area contributed by atoms with Crippen molar-refractivity contribution in [2.75, 3.05) is 13.1 Å². The first-order valence-electron chi connectivity index (χ1n) is 6.50. The number of carbonyl (C=O) groups is 1. The first kappa shape index (κ1) is 14.3. The number of urea groups is 1. The third kappa shape index (κ3) is 4.94. The summed E-state index contributed by atoms with van der Waals surface area (Å²) in [5, 5.41) is 9.35. The molecule has 0 bridgehead atoms. The lowest BCUT2D eigenvalue weighted by molar-refractivity contribution is 0.174.